The lowest BCUT2D eigenvalue weighted by Gasteiger charge is -2.34. The summed E-state index contributed by atoms with van der Waals surface area (Å²) in [6.07, 6.45) is 1.85. The Kier molecular flexibility index (Phi) is 3.42. The molecule has 4 nitrogen and oxygen atoms in total. The fourth-order valence-electron chi connectivity index (χ4n) is 2.39. The Hall–Kier alpha value is -1.94. The van der Waals surface area contributed by atoms with Gasteiger partial charge in [-0.25, -0.2) is 9.97 Å². The highest BCUT2D eigenvalue weighted by Gasteiger charge is 2.20. The van der Waals surface area contributed by atoms with E-state index in [0.29, 0.717) is 6.04 Å². The Morgan fingerprint density at radius 3 is 2.84 bits per heavy atom. The molecule has 1 atom stereocenters. The van der Waals surface area contributed by atoms with Crippen LogP contribution < -0.4 is 10.2 Å². The third-order valence-corrected chi connectivity index (χ3v) is 3.47. The maximum absolute atomic E-state index is 4.70. The van der Waals surface area contributed by atoms with Crippen molar-refractivity contribution in [3.8, 4) is 11.3 Å². The van der Waals surface area contributed by atoms with Gasteiger partial charge in [0.05, 0.1) is 5.69 Å². The minimum Gasteiger partial charge on any atom is -0.336 e. The standard InChI is InChI=1S/C15H18N4/c1-12-11-16-9-10-19(12)15-17-8-7-14(18-15)13-5-3-2-4-6-13/h2-8,12,16H,9-11H2,1H3. The molecule has 0 radical (unpaired) electrons. The minimum atomic E-state index is 0.430. The Labute approximate surface area is 113 Å². The normalized spacial score (nSPS) is 19.4. The number of anilines is 1. The van der Waals surface area contributed by atoms with E-state index in [-0.39, 0.29) is 0 Å². The summed E-state index contributed by atoms with van der Waals surface area (Å²) in [4.78, 5) is 11.4. The number of benzene rings is 1. The SMILES string of the molecule is CC1CNCCN1c1nccc(-c2ccccc2)n1. The average molecular weight is 254 g/mol. The number of rotatable bonds is 2. The second-order valence-electron chi connectivity index (χ2n) is 4.85. The fraction of sp³-hybridized carbons (Fsp3) is 0.333. The third kappa shape index (κ3) is 2.58. The lowest BCUT2D eigenvalue weighted by molar-refractivity contribution is 0.493. The number of piperazine rings is 1. The summed E-state index contributed by atoms with van der Waals surface area (Å²) < 4.78 is 0. The molecule has 0 amide bonds. The van der Waals surface area contributed by atoms with Crippen molar-refractivity contribution in [2.75, 3.05) is 24.5 Å². The third-order valence-electron chi connectivity index (χ3n) is 3.47. The zero-order valence-corrected chi connectivity index (χ0v) is 11.1. The van der Waals surface area contributed by atoms with E-state index in [1.807, 2.05) is 30.5 Å². The monoisotopic (exact) mass is 254 g/mol. The van der Waals surface area contributed by atoms with E-state index >= 15 is 0 Å². The van der Waals surface area contributed by atoms with Crippen LogP contribution in [-0.2, 0) is 0 Å². The van der Waals surface area contributed by atoms with E-state index in [1.165, 1.54) is 0 Å². The maximum atomic E-state index is 4.70. The van der Waals surface area contributed by atoms with Crippen LogP contribution in [0.15, 0.2) is 42.6 Å². The molecular formula is C15H18N4. The van der Waals surface area contributed by atoms with Crippen molar-refractivity contribution < 1.29 is 0 Å². The molecule has 0 bridgehead atoms. The fourth-order valence-corrected chi connectivity index (χ4v) is 2.39. The molecule has 98 valence electrons. The van der Waals surface area contributed by atoms with E-state index in [1.54, 1.807) is 0 Å². The van der Waals surface area contributed by atoms with Crippen LogP contribution in [0.4, 0.5) is 5.95 Å². The highest BCUT2D eigenvalue weighted by Crippen LogP contribution is 2.20. The van der Waals surface area contributed by atoms with Crippen LogP contribution >= 0.6 is 0 Å². The van der Waals surface area contributed by atoms with E-state index in [4.69, 9.17) is 4.98 Å². The van der Waals surface area contributed by atoms with Gasteiger partial charge in [0, 0.05) is 37.4 Å². The van der Waals surface area contributed by atoms with Crippen molar-refractivity contribution in [3.63, 3.8) is 0 Å². The van der Waals surface area contributed by atoms with Crippen molar-refractivity contribution in [2.24, 2.45) is 0 Å². The summed E-state index contributed by atoms with van der Waals surface area (Å²) in [6.45, 7) is 5.13. The smallest absolute Gasteiger partial charge is 0.226 e. The van der Waals surface area contributed by atoms with Crippen LogP contribution in [0.3, 0.4) is 0 Å². The molecule has 1 aromatic carbocycles. The topological polar surface area (TPSA) is 41.0 Å². The van der Waals surface area contributed by atoms with Gasteiger partial charge in [-0.15, -0.1) is 0 Å². The highest BCUT2D eigenvalue weighted by molar-refractivity contribution is 5.60. The summed E-state index contributed by atoms with van der Waals surface area (Å²) in [5, 5.41) is 3.38. The lowest BCUT2D eigenvalue weighted by Crippen LogP contribution is -2.50. The number of aromatic nitrogens is 2. The van der Waals surface area contributed by atoms with E-state index in [9.17, 15) is 0 Å². The first-order valence-corrected chi connectivity index (χ1v) is 6.70. The summed E-state index contributed by atoms with van der Waals surface area (Å²) in [5.41, 5.74) is 2.12. The molecule has 1 aromatic heterocycles. The van der Waals surface area contributed by atoms with Crippen LogP contribution in [0, 0.1) is 0 Å². The van der Waals surface area contributed by atoms with E-state index in [0.717, 1.165) is 36.8 Å². The largest absolute Gasteiger partial charge is 0.336 e. The number of nitrogens with zero attached hydrogens (tertiary/aromatic N) is 3. The van der Waals surface area contributed by atoms with Crippen molar-refractivity contribution in [3.05, 3.63) is 42.6 Å². The molecule has 0 spiro atoms. The molecule has 1 N–H and O–H groups in total. The van der Waals surface area contributed by atoms with Crippen LogP contribution in [0.2, 0.25) is 0 Å². The summed E-state index contributed by atoms with van der Waals surface area (Å²) in [5.74, 6) is 0.829. The molecule has 3 rings (SSSR count). The van der Waals surface area contributed by atoms with Crippen molar-refractivity contribution in [2.45, 2.75) is 13.0 Å². The van der Waals surface area contributed by atoms with Crippen molar-refractivity contribution >= 4 is 5.95 Å². The summed E-state index contributed by atoms with van der Waals surface area (Å²) >= 11 is 0. The number of nitrogens with one attached hydrogen (secondary N) is 1. The zero-order chi connectivity index (χ0) is 13.1. The van der Waals surface area contributed by atoms with Gasteiger partial charge in [-0.05, 0) is 13.0 Å². The van der Waals surface area contributed by atoms with Crippen LogP contribution in [-0.4, -0.2) is 35.6 Å². The first kappa shape index (κ1) is 12.1. The number of hydrogen-bond acceptors (Lipinski definition) is 4. The highest BCUT2D eigenvalue weighted by atomic mass is 15.3. The van der Waals surface area contributed by atoms with Gasteiger partial charge in [0.15, 0.2) is 0 Å². The van der Waals surface area contributed by atoms with Crippen LogP contribution in [0.5, 0.6) is 0 Å². The Morgan fingerprint density at radius 2 is 2.05 bits per heavy atom. The predicted octanol–water partition coefficient (Wildman–Crippen LogP) is 1.94. The van der Waals surface area contributed by atoms with Gasteiger partial charge in [0.2, 0.25) is 5.95 Å². The van der Waals surface area contributed by atoms with Gasteiger partial charge < -0.3 is 10.2 Å². The first-order chi connectivity index (χ1) is 9.34. The lowest BCUT2D eigenvalue weighted by atomic mass is 10.1. The molecule has 1 aliphatic rings. The molecular weight excluding hydrogens is 236 g/mol. The Morgan fingerprint density at radius 1 is 1.21 bits per heavy atom. The molecule has 2 heterocycles. The van der Waals surface area contributed by atoms with Gasteiger partial charge in [-0.3, -0.25) is 0 Å². The molecule has 1 saturated heterocycles. The number of hydrogen-bond donors (Lipinski definition) is 1. The minimum absolute atomic E-state index is 0.430. The quantitative estimate of drug-likeness (QED) is 0.889. The molecule has 1 fully saturated rings. The summed E-state index contributed by atoms with van der Waals surface area (Å²) in [7, 11) is 0. The molecule has 4 heteroatoms. The van der Waals surface area contributed by atoms with Crippen LogP contribution in [0.1, 0.15) is 6.92 Å². The van der Waals surface area contributed by atoms with Gasteiger partial charge in [0.25, 0.3) is 0 Å². The molecule has 19 heavy (non-hydrogen) atoms. The summed E-state index contributed by atoms with van der Waals surface area (Å²) in [6, 6.07) is 12.6. The molecule has 1 unspecified atom stereocenters. The van der Waals surface area contributed by atoms with Gasteiger partial charge >= 0.3 is 0 Å². The average Bonchev–Trinajstić information content (AvgIpc) is 2.49. The zero-order valence-electron chi connectivity index (χ0n) is 11.1. The maximum Gasteiger partial charge on any atom is 0.226 e. The Balaban J connectivity index is 1.91. The van der Waals surface area contributed by atoms with Crippen molar-refractivity contribution in [1.82, 2.24) is 15.3 Å². The van der Waals surface area contributed by atoms with Gasteiger partial charge in [0.1, 0.15) is 0 Å². The molecule has 1 aliphatic heterocycles. The molecule has 2 aromatic rings. The van der Waals surface area contributed by atoms with Crippen LogP contribution in [0.25, 0.3) is 11.3 Å². The van der Waals surface area contributed by atoms with Crippen molar-refractivity contribution in [1.29, 1.82) is 0 Å². The first-order valence-electron chi connectivity index (χ1n) is 6.70. The van der Waals surface area contributed by atoms with E-state index in [2.05, 4.69) is 34.3 Å². The predicted molar refractivity (Wildman–Crippen MR) is 77.1 cm³/mol. The second-order valence-corrected chi connectivity index (χ2v) is 4.85. The van der Waals surface area contributed by atoms with Gasteiger partial charge in [-0.2, -0.15) is 0 Å². The van der Waals surface area contributed by atoms with E-state index < -0.39 is 0 Å². The molecule has 0 aliphatic carbocycles. The Bertz CT molecular complexity index is 541. The van der Waals surface area contributed by atoms with Gasteiger partial charge in [-0.1, -0.05) is 30.3 Å². The molecule has 0 saturated carbocycles. The second kappa shape index (κ2) is 5.36.